The third-order valence-electron chi connectivity index (χ3n) is 2.71. The number of halogens is 1. The Morgan fingerprint density at radius 1 is 1.12 bits per heavy atom. The van der Waals surface area contributed by atoms with Gasteiger partial charge in [0.2, 0.25) is 0 Å². The van der Waals surface area contributed by atoms with E-state index in [0.29, 0.717) is 0 Å². The van der Waals surface area contributed by atoms with Crippen LogP contribution in [0.1, 0.15) is 18.5 Å². The molecule has 3 heteroatoms. The fraction of sp³-hybridized carbons (Fsp3) is 0.143. The first-order chi connectivity index (χ1) is 8.09. The van der Waals surface area contributed by atoms with Crippen molar-refractivity contribution in [1.82, 2.24) is 0 Å². The molecule has 0 aliphatic rings. The zero-order valence-corrected chi connectivity index (χ0v) is 11.1. The molecule has 2 aromatic rings. The van der Waals surface area contributed by atoms with E-state index in [2.05, 4.69) is 15.9 Å². The summed E-state index contributed by atoms with van der Waals surface area (Å²) < 4.78 is 0.948. The molecule has 17 heavy (non-hydrogen) atoms. The SMILES string of the molecule is CC(N)c1ccc(Br)c(-c2ccccc2O)c1. The quantitative estimate of drug-likeness (QED) is 0.883. The van der Waals surface area contributed by atoms with Gasteiger partial charge in [-0.15, -0.1) is 0 Å². The molecule has 1 atom stereocenters. The van der Waals surface area contributed by atoms with Crippen molar-refractivity contribution in [3.8, 4) is 16.9 Å². The Kier molecular flexibility index (Phi) is 3.50. The number of hydrogen-bond donors (Lipinski definition) is 2. The molecule has 2 aromatic carbocycles. The Labute approximate surface area is 109 Å². The fourth-order valence-electron chi connectivity index (χ4n) is 1.73. The largest absolute Gasteiger partial charge is 0.507 e. The molecule has 3 N–H and O–H groups in total. The molecule has 1 unspecified atom stereocenters. The van der Waals surface area contributed by atoms with Crippen molar-refractivity contribution in [2.24, 2.45) is 5.73 Å². The Balaban J connectivity index is 2.59. The van der Waals surface area contributed by atoms with Gasteiger partial charge in [0.05, 0.1) is 0 Å². The number of aromatic hydroxyl groups is 1. The number of rotatable bonds is 2. The second-order valence-electron chi connectivity index (χ2n) is 4.05. The molecule has 0 spiro atoms. The Morgan fingerprint density at radius 3 is 2.47 bits per heavy atom. The van der Waals surface area contributed by atoms with Crippen LogP contribution in [0.25, 0.3) is 11.1 Å². The minimum absolute atomic E-state index is 0.0206. The highest BCUT2D eigenvalue weighted by atomic mass is 79.9. The van der Waals surface area contributed by atoms with Gasteiger partial charge in [0, 0.05) is 16.1 Å². The van der Waals surface area contributed by atoms with Crippen molar-refractivity contribution in [3.05, 3.63) is 52.5 Å². The molecule has 0 radical (unpaired) electrons. The molecule has 0 saturated heterocycles. The number of para-hydroxylation sites is 1. The second-order valence-corrected chi connectivity index (χ2v) is 4.90. The van der Waals surface area contributed by atoms with Crippen LogP contribution >= 0.6 is 15.9 Å². The predicted molar refractivity (Wildman–Crippen MR) is 73.8 cm³/mol. The van der Waals surface area contributed by atoms with Gasteiger partial charge in [-0.3, -0.25) is 0 Å². The van der Waals surface area contributed by atoms with Gasteiger partial charge >= 0.3 is 0 Å². The van der Waals surface area contributed by atoms with Gasteiger partial charge in [0.1, 0.15) is 5.75 Å². The molecular formula is C14H14BrNO. The number of benzene rings is 2. The minimum Gasteiger partial charge on any atom is -0.507 e. The van der Waals surface area contributed by atoms with Gasteiger partial charge in [0.25, 0.3) is 0 Å². The summed E-state index contributed by atoms with van der Waals surface area (Å²) in [5.41, 5.74) is 8.68. The van der Waals surface area contributed by atoms with Crippen LogP contribution in [-0.2, 0) is 0 Å². The lowest BCUT2D eigenvalue weighted by molar-refractivity contribution is 0.477. The van der Waals surface area contributed by atoms with Crippen molar-refractivity contribution in [1.29, 1.82) is 0 Å². The van der Waals surface area contributed by atoms with Crippen LogP contribution in [0.4, 0.5) is 0 Å². The lowest BCUT2D eigenvalue weighted by Gasteiger charge is -2.11. The smallest absolute Gasteiger partial charge is 0.123 e. The van der Waals surface area contributed by atoms with Crippen LogP contribution in [0.3, 0.4) is 0 Å². The average Bonchev–Trinajstić information content (AvgIpc) is 2.30. The highest BCUT2D eigenvalue weighted by molar-refractivity contribution is 9.10. The summed E-state index contributed by atoms with van der Waals surface area (Å²) in [6, 6.07) is 13.2. The van der Waals surface area contributed by atoms with Crippen LogP contribution in [-0.4, -0.2) is 5.11 Å². The van der Waals surface area contributed by atoms with Crippen molar-refractivity contribution >= 4 is 15.9 Å². The molecule has 0 aliphatic carbocycles. The lowest BCUT2D eigenvalue weighted by Crippen LogP contribution is -2.04. The van der Waals surface area contributed by atoms with Gasteiger partial charge in [0.15, 0.2) is 0 Å². The van der Waals surface area contributed by atoms with E-state index in [1.54, 1.807) is 6.07 Å². The van der Waals surface area contributed by atoms with E-state index in [9.17, 15) is 5.11 Å². The zero-order valence-electron chi connectivity index (χ0n) is 9.52. The summed E-state index contributed by atoms with van der Waals surface area (Å²) in [5.74, 6) is 0.273. The first kappa shape index (κ1) is 12.1. The van der Waals surface area contributed by atoms with Crippen molar-refractivity contribution in [3.63, 3.8) is 0 Å². The van der Waals surface area contributed by atoms with E-state index in [-0.39, 0.29) is 11.8 Å². The summed E-state index contributed by atoms with van der Waals surface area (Å²) in [6.45, 7) is 1.94. The zero-order chi connectivity index (χ0) is 12.4. The lowest BCUT2D eigenvalue weighted by atomic mass is 10.00. The maximum atomic E-state index is 9.87. The molecule has 2 nitrogen and oxygen atoms in total. The minimum atomic E-state index is -0.0206. The van der Waals surface area contributed by atoms with Gasteiger partial charge in [-0.05, 0) is 36.2 Å². The van der Waals surface area contributed by atoms with E-state index in [4.69, 9.17) is 5.73 Å². The summed E-state index contributed by atoms with van der Waals surface area (Å²) in [7, 11) is 0. The first-order valence-electron chi connectivity index (χ1n) is 5.43. The van der Waals surface area contributed by atoms with Crippen LogP contribution in [0.5, 0.6) is 5.75 Å². The molecule has 88 valence electrons. The third kappa shape index (κ3) is 2.51. The van der Waals surface area contributed by atoms with Gasteiger partial charge < -0.3 is 10.8 Å². The van der Waals surface area contributed by atoms with Crippen LogP contribution in [0.2, 0.25) is 0 Å². The molecule has 0 aliphatic heterocycles. The Hall–Kier alpha value is -1.32. The molecule has 0 fully saturated rings. The number of nitrogens with two attached hydrogens (primary N) is 1. The molecule has 0 saturated carbocycles. The van der Waals surface area contributed by atoms with Crippen LogP contribution in [0, 0.1) is 0 Å². The normalized spacial score (nSPS) is 12.4. The first-order valence-corrected chi connectivity index (χ1v) is 6.22. The van der Waals surface area contributed by atoms with E-state index < -0.39 is 0 Å². The predicted octanol–water partition coefficient (Wildman–Crippen LogP) is 3.84. The Bertz CT molecular complexity index is 537. The highest BCUT2D eigenvalue weighted by Crippen LogP contribution is 2.35. The summed E-state index contributed by atoms with van der Waals surface area (Å²) >= 11 is 3.50. The Morgan fingerprint density at radius 2 is 1.82 bits per heavy atom. The van der Waals surface area contributed by atoms with Gasteiger partial charge in [-0.25, -0.2) is 0 Å². The summed E-state index contributed by atoms with van der Waals surface area (Å²) in [6.07, 6.45) is 0. The topological polar surface area (TPSA) is 46.2 Å². The molecule has 0 bridgehead atoms. The number of hydrogen-bond acceptors (Lipinski definition) is 2. The molecule has 0 amide bonds. The van der Waals surface area contributed by atoms with Crippen LogP contribution < -0.4 is 5.73 Å². The summed E-state index contributed by atoms with van der Waals surface area (Å²) in [4.78, 5) is 0. The monoisotopic (exact) mass is 291 g/mol. The molecule has 0 aromatic heterocycles. The maximum absolute atomic E-state index is 9.87. The third-order valence-corrected chi connectivity index (χ3v) is 3.40. The van der Waals surface area contributed by atoms with E-state index in [1.807, 2.05) is 43.3 Å². The fourth-order valence-corrected chi connectivity index (χ4v) is 2.19. The molecule has 0 heterocycles. The molecule has 2 rings (SSSR count). The van der Waals surface area contributed by atoms with Gasteiger partial charge in [-0.1, -0.05) is 40.2 Å². The van der Waals surface area contributed by atoms with Crippen molar-refractivity contribution in [2.75, 3.05) is 0 Å². The average molecular weight is 292 g/mol. The number of phenols is 1. The second kappa shape index (κ2) is 4.90. The van der Waals surface area contributed by atoms with Gasteiger partial charge in [-0.2, -0.15) is 0 Å². The maximum Gasteiger partial charge on any atom is 0.123 e. The van der Waals surface area contributed by atoms with Crippen molar-refractivity contribution in [2.45, 2.75) is 13.0 Å². The van der Waals surface area contributed by atoms with Crippen molar-refractivity contribution < 1.29 is 5.11 Å². The molecular weight excluding hydrogens is 278 g/mol. The van der Waals surface area contributed by atoms with E-state index in [1.165, 1.54) is 0 Å². The van der Waals surface area contributed by atoms with E-state index in [0.717, 1.165) is 21.2 Å². The van der Waals surface area contributed by atoms with Crippen LogP contribution in [0.15, 0.2) is 46.9 Å². The number of phenolic OH excluding ortho intramolecular Hbond substituents is 1. The standard InChI is InChI=1S/C14H14BrNO/c1-9(16)10-6-7-13(15)12(8-10)11-4-2-3-5-14(11)17/h2-9,17H,16H2,1H3. The summed E-state index contributed by atoms with van der Waals surface area (Å²) in [5, 5.41) is 9.87. The highest BCUT2D eigenvalue weighted by Gasteiger charge is 2.09. The van der Waals surface area contributed by atoms with E-state index >= 15 is 0 Å².